The molecule has 0 spiro atoms. The van der Waals surface area contributed by atoms with Crippen LogP contribution in [-0.4, -0.2) is 18.0 Å². The molecule has 0 aliphatic heterocycles. The number of anilines is 1. The zero-order chi connectivity index (χ0) is 19.9. The van der Waals surface area contributed by atoms with Crippen LogP contribution in [0.1, 0.15) is 31.8 Å². The van der Waals surface area contributed by atoms with Gasteiger partial charge in [0.2, 0.25) is 0 Å². The smallest absolute Gasteiger partial charge is 0.273 e. The number of aryl methyl sites for hydroxylation is 1. The number of hydrogen-bond acceptors (Lipinski definition) is 3. The number of para-hydroxylation sites is 1. The number of rotatable bonds is 5. The molecule has 0 radical (unpaired) electrons. The lowest BCUT2D eigenvalue weighted by Gasteiger charge is -2.10. The molecule has 0 unspecified atom stereocenters. The van der Waals surface area contributed by atoms with Gasteiger partial charge >= 0.3 is 0 Å². The molecule has 0 aliphatic carbocycles. The molecule has 5 nitrogen and oxygen atoms in total. The SMILES string of the molecule is Cc1ccc(C(=O)Nc2ccccc2C(=O)N/N=C\c2ccc(Cl)cc2)cc1. The predicted octanol–water partition coefficient (Wildman–Crippen LogP) is 4.66. The second kappa shape index (κ2) is 8.97. The van der Waals surface area contributed by atoms with Crippen LogP contribution in [-0.2, 0) is 0 Å². The third-order valence-electron chi connectivity index (χ3n) is 3.98. The molecule has 6 heteroatoms. The number of amides is 2. The van der Waals surface area contributed by atoms with Crippen LogP contribution in [0, 0.1) is 6.92 Å². The molecule has 0 heterocycles. The zero-order valence-corrected chi connectivity index (χ0v) is 15.9. The first kappa shape index (κ1) is 19.3. The van der Waals surface area contributed by atoms with Crippen molar-refractivity contribution in [1.29, 1.82) is 0 Å². The van der Waals surface area contributed by atoms with Gasteiger partial charge in [0.05, 0.1) is 17.5 Å². The number of nitrogens with zero attached hydrogens (tertiary/aromatic N) is 1. The summed E-state index contributed by atoms with van der Waals surface area (Å²) in [5.41, 5.74) is 5.57. The van der Waals surface area contributed by atoms with Gasteiger partial charge in [-0.25, -0.2) is 5.43 Å². The molecule has 28 heavy (non-hydrogen) atoms. The first-order valence-electron chi connectivity index (χ1n) is 8.59. The number of carbonyl (C=O) groups excluding carboxylic acids is 2. The Morgan fingerprint density at radius 1 is 0.893 bits per heavy atom. The normalized spacial score (nSPS) is 10.6. The molecule has 2 N–H and O–H groups in total. The van der Waals surface area contributed by atoms with E-state index in [0.717, 1.165) is 11.1 Å². The van der Waals surface area contributed by atoms with Crippen molar-refractivity contribution >= 4 is 35.3 Å². The highest BCUT2D eigenvalue weighted by atomic mass is 35.5. The van der Waals surface area contributed by atoms with Gasteiger partial charge < -0.3 is 5.32 Å². The fourth-order valence-electron chi connectivity index (χ4n) is 2.46. The molecular formula is C22H18ClN3O2. The topological polar surface area (TPSA) is 70.6 Å². The Bertz CT molecular complexity index is 1010. The second-order valence-electron chi connectivity index (χ2n) is 6.12. The molecule has 0 fully saturated rings. The number of halogens is 1. The van der Waals surface area contributed by atoms with E-state index >= 15 is 0 Å². The summed E-state index contributed by atoms with van der Waals surface area (Å²) in [5.74, 6) is -0.713. The number of nitrogens with one attached hydrogen (secondary N) is 2. The Labute approximate surface area is 168 Å². The predicted molar refractivity (Wildman–Crippen MR) is 112 cm³/mol. The minimum absolute atomic E-state index is 0.287. The van der Waals surface area contributed by atoms with Crippen LogP contribution in [0.15, 0.2) is 77.9 Å². The Balaban J connectivity index is 1.70. The first-order chi connectivity index (χ1) is 13.5. The van der Waals surface area contributed by atoms with Gasteiger partial charge in [0, 0.05) is 10.6 Å². The third kappa shape index (κ3) is 5.05. The fourth-order valence-corrected chi connectivity index (χ4v) is 2.59. The third-order valence-corrected chi connectivity index (χ3v) is 4.24. The molecule has 0 aliphatic rings. The summed E-state index contributed by atoms with van der Waals surface area (Å²) in [6.45, 7) is 1.95. The summed E-state index contributed by atoms with van der Waals surface area (Å²) in [5, 5.41) is 7.36. The molecule has 2 amide bonds. The van der Waals surface area contributed by atoms with Crippen LogP contribution in [0.4, 0.5) is 5.69 Å². The van der Waals surface area contributed by atoms with Crippen molar-refractivity contribution in [3.63, 3.8) is 0 Å². The van der Waals surface area contributed by atoms with E-state index in [1.165, 1.54) is 6.21 Å². The average molecular weight is 392 g/mol. The van der Waals surface area contributed by atoms with Crippen LogP contribution in [0.25, 0.3) is 0 Å². The molecule has 0 saturated heterocycles. The maximum absolute atomic E-state index is 12.5. The van der Waals surface area contributed by atoms with E-state index in [0.29, 0.717) is 21.8 Å². The van der Waals surface area contributed by atoms with Crippen molar-refractivity contribution in [3.8, 4) is 0 Å². The van der Waals surface area contributed by atoms with E-state index in [-0.39, 0.29) is 5.91 Å². The largest absolute Gasteiger partial charge is 0.321 e. The monoisotopic (exact) mass is 391 g/mol. The number of hydrazone groups is 1. The number of benzene rings is 3. The van der Waals surface area contributed by atoms with E-state index in [4.69, 9.17) is 11.6 Å². The number of carbonyl (C=O) groups is 2. The van der Waals surface area contributed by atoms with Gasteiger partial charge in [-0.3, -0.25) is 9.59 Å². The molecule has 0 atom stereocenters. The van der Waals surface area contributed by atoms with Crippen LogP contribution in [0.3, 0.4) is 0 Å². The quantitative estimate of drug-likeness (QED) is 0.490. The van der Waals surface area contributed by atoms with Crippen molar-refractivity contribution < 1.29 is 9.59 Å². The fraction of sp³-hybridized carbons (Fsp3) is 0.0455. The van der Waals surface area contributed by atoms with Crippen LogP contribution < -0.4 is 10.7 Å². The van der Waals surface area contributed by atoms with Gasteiger partial charge in [0.25, 0.3) is 11.8 Å². The van der Waals surface area contributed by atoms with Crippen LogP contribution in [0.5, 0.6) is 0 Å². The average Bonchev–Trinajstić information content (AvgIpc) is 2.70. The summed E-state index contributed by atoms with van der Waals surface area (Å²) in [6, 6.07) is 21.0. The lowest BCUT2D eigenvalue weighted by atomic mass is 10.1. The molecule has 0 bridgehead atoms. The zero-order valence-electron chi connectivity index (χ0n) is 15.1. The van der Waals surface area contributed by atoms with Gasteiger partial charge in [-0.05, 0) is 48.9 Å². The van der Waals surface area contributed by atoms with Crippen molar-refractivity contribution in [2.45, 2.75) is 6.92 Å². The highest BCUT2D eigenvalue weighted by molar-refractivity contribution is 6.30. The standard InChI is InChI=1S/C22H18ClN3O2/c1-15-6-10-17(11-7-15)21(27)25-20-5-3-2-4-19(20)22(28)26-24-14-16-8-12-18(23)13-9-16/h2-14H,1H3,(H,25,27)(H,26,28)/b24-14-. The maximum Gasteiger partial charge on any atom is 0.273 e. The van der Waals surface area contributed by atoms with E-state index in [1.54, 1.807) is 60.7 Å². The molecule has 140 valence electrons. The van der Waals surface area contributed by atoms with Crippen molar-refractivity contribution in [2.75, 3.05) is 5.32 Å². The molecule has 0 saturated carbocycles. The Hall–Kier alpha value is -3.44. The van der Waals surface area contributed by atoms with E-state index < -0.39 is 5.91 Å². The Kier molecular flexibility index (Phi) is 6.19. The Morgan fingerprint density at radius 2 is 1.57 bits per heavy atom. The number of hydrogen-bond donors (Lipinski definition) is 2. The van der Waals surface area contributed by atoms with Crippen molar-refractivity contribution in [1.82, 2.24) is 5.43 Å². The molecular weight excluding hydrogens is 374 g/mol. The van der Waals surface area contributed by atoms with Gasteiger partial charge in [-0.15, -0.1) is 0 Å². The van der Waals surface area contributed by atoms with E-state index in [1.807, 2.05) is 19.1 Å². The molecule has 3 aromatic rings. The van der Waals surface area contributed by atoms with E-state index in [9.17, 15) is 9.59 Å². The Morgan fingerprint density at radius 3 is 2.29 bits per heavy atom. The highest BCUT2D eigenvalue weighted by Crippen LogP contribution is 2.16. The maximum atomic E-state index is 12.5. The highest BCUT2D eigenvalue weighted by Gasteiger charge is 2.13. The first-order valence-corrected chi connectivity index (χ1v) is 8.97. The minimum Gasteiger partial charge on any atom is -0.321 e. The van der Waals surface area contributed by atoms with Gasteiger partial charge in [-0.2, -0.15) is 5.10 Å². The lowest BCUT2D eigenvalue weighted by Crippen LogP contribution is -2.21. The molecule has 3 rings (SSSR count). The van der Waals surface area contributed by atoms with Gasteiger partial charge in [-0.1, -0.05) is 53.6 Å². The van der Waals surface area contributed by atoms with Gasteiger partial charge in [0.1, 0.15) is 0 Å². The summed E-state index contributed by atoms with van der Waals surface area (Å²) in [6.07, 6.45) is 1.52. The molecule has 0 aromatic heterocycles. The van der Waals surface area contributed by atoms with Crippen molar-refractivity contribution in [3.05, 3.63) is 100 Å². The summed E-state index contributed by atoms with van der Waals surface area (Å²) in [4.78, 5) is 24.9. The van der Waals surface area contributed by atoms with Crippen LogP contribution >= 0.6 is 11.6 Å². The van der Waals surface area contributed by atoms with E-state index in [2.05, 4.69) is 15.8 Å². The molecule has 3 aromatic carbocycles. The van der Waals surface area contributed by atoms with Crippen LogP contribution in [0.2, 0.25) is 5.02 Å². The summed E-state index contributed by atoms with van der Waals surface area (Å²) >= 11 is 5.84. The summed E-state index contributed by atoms with van der Waals surface area (Å²) < 4.78 is 0. The summed E-state index contributed by atoms with van der Waals surface area (Å²) in [7, 11) is 0. The minimum atomic E-state index is -0.426. The van der Waals surface area contributed by atoms with Crippen molar-refractivity contribution in [2.24, 2.45) is 5.10 Å². The van der Waals surface area contributed by atoms with Gasteiger partial charge in [0.15, 0.2) is 0 Å². The second-order valence-corrected chi connectivity index (χ2v) is 6.55. The lowest BCUT2D eigenvalue weighted by molar-refractivity contribution is 0.0956.